The van der Waals surface area contributed by atoms with E-state index in [4.69, 9.17) is 26.2 Å². The van der Waals surface area contributed by atoms with Crippen LogP contribution in [0.3, 0.4) is 0 Å². The van der Waals surface area contributed by atoms with Crippen molar-refractivity contribution in [1.29, 1.82) is 0 Å². The normalized spacial score (nSPS) is 10.6. The summed E-state index contributed by atoms with van der Waals surface area (Å²) in [6.45, 7) is 2.80. The Morgan fingerprint density at radius 2 is 2.04 bits per heavy atom. The number of aliphatic hydroxyl groups excluding tert-OH is 1. The second kappa shape index (κ2) is 10.5. The zero-order valence-electron chi connectivity index (χ0n) is 15.4. The fourth-order valence-corrected chi connectivity index (χ4v) is 3.08. The lowest BCUT2D eigenvalue weighted by Gasteiger charge is -2.15. The van der Waals surface area contributed by atoms with Gasteiger partial charge in [0.05, 0.1) is 24.3 Å². The summed E-state index contributed by atoms with van der Waals surface area (Å²) in [5.74, 6) is 0.873. The third kappa shape index (κ3) is 5.86. The number of aryl methyl sites for hydroxylation is 1. The molecule has 0 bridgehead atoms. The molecule has 2 rings (SSSR count). The monoisotopic (exact) mass is 455 g/mol. The molecule has 2 aromatic carbocycles. The van der Waals surface area contributed by atoms with Crippen molar-refractivity contribution in [2.45, 2.75) is 26.3 Å². The van der Waals surface area contributed by atoms with Crippen molar-refractivity contribution in [3.05, 3.63) is 56.5 Å². The quantitative estimate of drug-likeness (QED) is 0.545. The second-order valence-corrected chi connectivity index (χ2v) is 7.24. The van der Waals surface area contributed by atoms with E-state index >= 15 is 0 Å². The van der Waals surface area contributed by atoms with Crippen LogP contribution < -0.4 is 14.8 Å². The van der Waals surface area contributed by atoms with Crippen LogP contribution in [0.1, 0.15) is 34.3 Å². The van der Waals surface area contributed by atoms with Crippen molar-refractivity contribution >= 4 is 33.4 Å². The third-order valence-corrected chi connectivity index (χ3v) is 5.29. The Balaban J connectivity index is 2.16. The lowest BCUT2D eigenvalue weighted by atomic mass is 10.1. The van der Waals surface area contributed by atoms with Gasteiger partial charge in [0.25, 0.3) is 5.91 Å². The van der Waals surface area contributed by atoms with Crippen LogP contribution >= 0.6 is 27.5 Å². The number of hydrogen-bond acceptors (Lipinski definition) is 4. The van der Waals surface area contributed by atoms with E-state index in [0.29, 0.717) is 46.8 Å². The second-order valence-electron chi connectivity index (χ2n) is 5.98. The Hall–Kier alpha value is -1.76. The molecule has 7 heteroatoms. The van der Waals surface area contributed by atoms with Gasteiger partial charge < -0.3 is 19.9 Å². The molecule has 0 saturated carbocycles. The van der Waals surface area contributed by atoms with Crippen molar-refractivity contribution in [2.24, 2.45) is 0 Å². The van der Waals surface area contributed by atoms with E-state index in [1.807, 2.05) is 25.1 Å². The molecular weight excluding hydrogens is 434 g/mol. The van der Waals surface area contributed by atoms with Crippen LogP contribution in [0.25, 0.3) is 0 Å². The first kappa shape index (κ1) is 21.5. The Labute approximate surface area is 172 Å². The maximum atomic E-state index is 12.8. The molecule has 0 aromatic heterocycles. The number of halogens is 2. The Morgan fingerprint density at radius 3 is 2.74 bits per heavy atom. The fraction of sp³-hybridized carbons (Fsp3) is 0.350. The minimum absolute atomic E-state index is 0.107. The van der Waals surface area contributed by atoms with Gasteiger partial charge in [-0.3, -0.25) is 4.79 Å². The minimum Gasteiger partial charge on any atom is -0.496 e. The molecular formula is C20H23BrClNO4. The SMILES string of the molecule is COc1cccc(C)c1CNC(=O)c1cc(Br)c(Cl)cc1OCCCCO. The van der Waals surface area contributed by atoms with Gasteiger partial charge in [-0.25, -0.2) is 0 Å². The number of carbonyl (C=O) groups excluding carboxylic acids is 1. The van der Waals surface area contributed by atoms with E-state index in [9.17, 15) is 4.79 Å². The lowest BCUT2D eigenvalue weighted by molar-refractivity contribution is 0.0946. The molecule has 0 aliphatic rings. The van der Waals surface area contributed by atoms with Gasteiger partial charge in [0.2, 0.25) is 0 Å². The fourth-order valence-electron chi connectivity index (χ4n) is 2.58. The molecule has 5 nitrogen and oxygen atoms in total. The number of amides is 1. The Morgan fingerprint density at radius 1 is 1.26 bits per heavy atom. The van der Waals surface area contributed by atoms with Crippen LogP contribution in [-0.2, 0) is 6.54 Å². The number of hydrogen-bond donors (Lipinski definition) is 2. The van der Waals surface area contributed by atoms with E-state index in [0.717, 1.165) is 16.9 Å². The predicted octanol–water partition coefficient (Wildman–Crippen LogP) is 4.50. The highest BCUT2D eigenvalue weighted by Gasteiger charge is 2.17. The predicted molar refractivity (Wildman–Crippen MR) is 110 cm³/mol. The highest BCUT2D eigenvalue weighted by molar-refractivity contribution is 9.10. The molecule has 146 valence electrons. The van der Waals surface area contributed by atoms with E-state index < -0.39 is 0 Å². The van der Waals surface area contributed by atoms with Crippen LogP contribution in [-0.4, -0.2) is 31.3 Å². The number of benzene rings is 2. The molecule has 0 heterocycles. The van der Waals surface area contributed by atoms with Gasteiger partial charge in [-0.1, -0.05) is 23.7 Å². The largest absolute Gasteiger partial charge is 0.496 e. The van der Waals surface area contributed by atoms with Crippen LogP contribution in [0.5, 0.6) is 11.5 Å². The Kier molecular flexibility index (Phi) is 8.41. The van der Waals surface area contributed by atoms with E-state index in [1.165, 1.54) is 0 Å². The van der Waals surface area contributed by atoms with Gasteiger partial charge >= 0.3 is 0 Å². The maximum absolute atomic E-state index is 12.8. The first-order chi connectivity index (χ1) is 13.0. The van der Waals surface area contributed by atoms with Gasteiger partial charge in [-0.15, -0.1) is 0 Å². The summed E-state index contributed by atoms with van der Waals surface area (Å²) in [7, 11) is 1.61. The molecule has 0 aliphatic heterocycles. The summed E-state index contributed by atoms with van der Waals surface area (Å²) >= 11 is 9.50. The minimum atomic E-state index is -0.269. The molecule has 0 unspecified atom stereocenters. The number of ether oxygens (including phenoxy) is 2. The Bertz CT molecular complexity index is 798. The van der Waals surface area contributed by atoms with Gasteiger partial charge in [-0.05, 0) is 53.4 Å². The summed E-state index contributed by atoms with van der Waals surface area (Å²) in [4.78, 5) is 12.8. The van der Waals surface area contributed by atoms with Crippen molar-refractivity contribution in [3.63, 3.8) is 0 Å². The molecule has 27 heavy (non-hydrogen) atoms. The smallest absolute Gasteiger partial charge is 0.255 e. The number of nitrogens with one attached hydrogen (secondary N) is 1. The van der Waals surface area contributed by atoms with Gasteiger partial charge in [0.1, 0.15) is 11.5 Å². The number of carbonyl (C=O) groups is 1. The molecule has 0 radical (unpaired) electrons. The van der Waals surface area contributed by atoms with Gasteiger partial charge in [-0.2, -0.15) is 0 Å². The maximum Gasteiger partial charge on any atom is 0.255 e. The summed E-state index contributed by atoms with van der Waals surface area (Å²) < 4.78 is 11.7. The average Bonchev–Trinajstić information content (AvgIpc) is 2.66. The van der Waals surface area contributed by atoms with Crippen LogP contribution in [0, 0.1) is 6.92 Å². The third-order valence-electron chi connectivity index (χ3n) is 4.09. The molecule has 0 atom stereocenters. The molecule has 0 spiro atoms. The number of aliphatic hydroxyl groups is 1. The molecule has 2 N–H and O–H groups in total. The number of unbranched alkanes of at least 4 members (excludes halogenated alkanes) is 1. The standard InChI is InChI=1S/C20H23BrClNO4/c1-13-6-5-7-18(26-2)15(13)12-23-20(25)14-10-16(21)17(22)11-19(14)27-9-4-3-8-24/h5-7,10-11,24H,3-4,8-9,12H2,1-2H3,(H,23,25). The van der Waals surface area contributed by atoms with Crippen molar-refractivity contribution in [2.75, 3.05) is 20.3 Å². The summed E-state index contributed by atoms with van der Waals surface area (Å²) in [5, 5.41) is 12.3. The van der Waals surface area contributed by atoms with Crippen LogP contribution in [0.4, 0.5) is 0 Å². The van der Waals surface area contributed by atoms with Crippen LogP contribution in [0.15, 0.2) is 34.8 Å². The highest BCUT2D eigenvalue weighted by atomic mass is 79.9. The van der Waals surface area contributed by atoms with E-state index in [2.05, 4.69) is 21.2 Å². The lowest BCUT2D eigenvalue weighted by Crippen LogP contribution is -2.24. The summed E-state index contributed by atoms with van der Waals surface area (Å²) in [6, 6.07) is 9.01. The molecule has 1 amide bonds. The average molecular weight is 457 g/mol. The van der Waals surface area contributed by atoms with Gasteiger partial charge in [0.15, 0.2) is 0 Å². The topological polar surface area (TPSA) is 67.8 Å². The molecule has 2 aromatic rings. The summed E-state index contributed by atoms with van der Waals surface area (Å²) in [6.07, 6.45) is 1.32. The highest BCUT2D eigenvalue weighted by Crippen LogP contribution is 2.31. The molecule has 0 aliphatic carbocycles. The first-order valence-electron chi connectivity index (χ1n) is 8.61. The van der Waals surface area contributed by atoms with Crippen molar-refractivity contribution in [3.8, 4) is 11.5 Å². The van der Waals surface area contributed by atoms with Crippen LogP contribution in [0.2, 0.25) is 5.02 Å². The first-order valence-corrected chi connectivity index (χ1v) is 9.78. The summed E-state index contributed by atoms with van der Waals surface area (Å²) in [5.41, 5.74) is 2.35. The zero-order chi connectivity index (χ0) is 19.8. The zero-order valence-corrected chi connectivity index (χ0v) is 17.7. The van der Waals surface area contributed by atoms with E-state index in [-0.39, 0.29) is 12.5 Å². The number of methoxy groups -OCH3 is 1. The van der Waals surface area contributed by atoms with Crippen molar-refractivity contribution in [1.82, 2.24) is 5.32 Å². The van der Waals surface area contributed by atoms with Crippen molar-refractivity contribution < 1.29 is 19.4 Å². The van der Waals surface area contributed by atoms with E-state index in [1.54, 1.807) is 19.2 Å². The molecule has 0 fully saturated rings. The molecule has 0 saturated heterocycles. The van der Waals surface area contributed by atoms with Gasteiger partial charge in [0, 0.05) is 29.3 Å². The number of rotatable bonds is 9.